The molecule has 0 aromatic rings. The Kier molecular flexibility index (Phi) is 5.77. The van der Waals surface area contributed by atoms with Crippen LogP contribution in [0.1, 0.15) is 33.1 Å². The molecule has 1 rings (SSSR count). The lowest BCUT2D eigenvalue weighted by molar-refractivity contribution is -0.137. The maximum Gasteiger partial charge on any atom is 0.303 e. The first-order chi connectivity index (χ1) is 7.59. The number of carboxylic acid groups (broad SMARTS) is 1. The number of hydrogen-bond acceptors (Lipinski definition) is 3. The number of carbonyl (C=O) groups is 1. The summed E-state index contributed by atoms with van der Waals surface area (Å²) in [5.74, 6) is 0.0425. The highest BCUT2D eigenvalue weighted by Crippen LogP contribution is 2.17. The van der Waals surface area contributed by atoms with Crippen LogP contribution >= 0.6 is 0 Å². The molecular weight excluding hydrogens is 204 g/mol. The number of hydrogen-bond donors (Lipinski definition) is 2. The molecule has 1 saturated heterocycles. The molecule has 0 radical (unpaired) electrons. The summed E-state index contributed by atoms with van der Waals surface area (Å²) in [5, 5.41) is 11.8. The van der Waals surface area contributed by atoms with Crippen LogP contribution in [-0.4, -0.2) is 48.2 Å². The topological polar surface area (TPSA) is 52.6 Å². The second kappa shape index (κ2) is 6.86. The van der Waals surface area contributed by atoms with Gasteiger partial charge in [0.25, 0.3) is 0 Å². The Bertz CT molecular complexity index is 219. The number of carboxylic acids is 1. The molecule has 1 atom stereocenters. The van der Waals surface area contributed by atoms with Gasteiger partial charge in [-0.1, -0.05) is 0 Å². The van der Waals surface area contributed by atoms with Gasteiger partial charge in [0.2, 0.25) is 0 Å². The summed E-state index contributed by atoms with van der Waals surface area (Å²) in [6.45, 7) is 8.72. The maximum absolute atomic E-state index is 10.3. The first-order valence-corrected chi connectivity index (χ1v) is 6.26. The van der Waals surface area contributed by atoms with Gasteiger partial charge in [0.1, 0.15) is 0 Å². The molecule has 1 aliphatic rings. The summed E-state index contributed by atoms with van der Waals surface area (Å²) in [4.78, 5) is 12.8. The van der Waals surface area contributed by atoms with Crippen LogP contribution in [0.4, 0.5) is 0 Å². The molecule has 1 heterocycles. The molecule has 1 unspecified atom stereocenters. The Hall–Kier alpha value is -0.610. The van der Waals surface area contributed by atoms with Gasteiger partial charge in [0.05, 0.1) is 0 Å². The average molecular weight is 228 g/mol. The van der Waals surface area contributed by atoms with Crippen molar-refractivity contribution in [2.45, 2.75) is 39.2 Å². The van der Waals surface area contributed by atoms with E-state index in [1.807, 2.05) is 0 Å². The number of aliphatic carboxylic acids is 1. The normalized spacial score (nSPS) is 21.8. The number of nitrogens with zero attached hydrogens (tertiary/aromatic N) is 1. The van der Waals surface area contributed by atoms with E-state index in [1.165, 1.54) is 19.5 Å². The SMILES string of the molecule is CC(C)N1CCC(CNCCCC(=O)O)C1. The van der Waals surface area contributed by atoms with Gasteiger partial charge < -0.3 is 15.3 Å². The van der Waals surface area contributed by atoms with Crippen molar-refractivity contribution >= 4 is 5.97 Å². The summed E-state index contributed by atoms with van der Waals surface area (Å²) in [7, 11) is 0. The quantitative estimate of drug-likeness (QED) is 0.642. The third-order valence-corrected chi connectivity index (χ3v) is 3.22. The Morgan fingerprint density at radius 3 is 2.88 bits per heavy atom. The van der Waals surface area contributed by atoms with Crippen LogP contribution in [0.2, 0.25) is 0 Å². The van der Waals surface area contributed by atoms with E-state index in [9.17, 15) is 4.79 Å². The fraction of sp³-hybridized carbons (Fsp3) is 0.917. The van der Waals surface area contributed by atoms with Crippen LogP contribution in [0, 0.1) is 5.92 Å². The summed E-state index contributed by atoms with van der Waals surface area (Å²) < 4.78 is 0. The highest BCUT2D eigenvalue weighted by Gasteiger charge is 2.23. The van der Waals surface area contributed by atoms with E-state index in [1.54, 1.807) is 0 Å². The molecule has 0 amide bonds. The Balaban J connectivity index is 2.00. The van der Waals surface area contributed by atoms with E-state index in [0.717, 1.165) is 25.4 Å². The van der Waals surface area contributed by atoms with Gasteiger partial charge in [-0.25, -0.2) is 0 Å². The molecule has 0 saturated carbocycles. The lowest BCUT2D eigenvalue weighted by atomic mass is 10.1. The van der Waals surface area contributed by atoms with Gasteiger partial charge in [0.15, 0.2) is 0 Å². The molecule has 0 aliphatic carbocycles. The second-order valence-electron chi connectivity index (χ2n) is 4.94. The van der Waals surface area contributed by atoms with Crippen molar-refractivity contribution in [3.8, 4) is 0 Å². The third-order valence-electron chi connectivity index (χ3n) is 3.22. The number of likely N-dealkylation sites (tertiary alicyclic amines) is 1. The monoisotopic (exact) mass is 228 g/mol. The maximum atomic E-state index is 10.3. The van der Waals surface area contributed by atoms with E-state index in [0.29, 0.717) is 6.04 Å². The van der Waals surface area contributed by atoms with Crippen molar-refractivity contribution in [3.05, 3.63) is 0 Å². The Labute approximate surface area is 98.0 Å². The van der Waals surface area contributed by atoms with Crippen molar-refractivity contribution in [2.75, 3.05) is 26.2 Å². The molecule has 94 valence electrons. The second-order valence-corrected chi connectivity index (χ2v) is 4.94. The van der Waals surface area contributed by atoms with Crippen LogP contribution in [0.3, 0.4) is 0 Å². The van der Waals surface area contributed by atoms with Crippen LogP contribution in [0.15, 0.2) is 0 Å². The lowest BCUT2D eigenvalue weighted by Gasteiger charge is -2.20. The van der Waals surface area contributed by atoms with Gasteiger partial charge in [-0.05, 0) is 52.2 Å². The van der Waals surface area contributed by atoms with Crippen molar-refractivity contribution in [2.24, 2.45) is 5.92 Å². The van der Waals surface area contributed by atoms with Crippen molar-refractivity contribution < 1.29 is 9.90 Å². The highest BCUT2D eigenvalue weighted by molar-refractivity contribution is 5.66. The van der Waals surface area contributed by atoms with Crippen LogP contribution in [0.25, 0.3) is 0 Å². The van der Waals surface area contributed by atoms with Gasteiger partial charge in [-0.2, -0.15) is 0 Å². The molecule has 0 spiro atoms. The molecule has 16 heavy (non-hydrogen) atoms. The number of nitrogens with one attached hydrogen (secondary N) is 1. The summed E-state index contributed by atoms with van der Waals surface area (Å²) in [5.41, 5.74) is 0. The minimum absolute atomic E-state index is 0.274. The minimum atomic E-state index is -0.700. The summed E-state index contributed by atoms with van der Waals surface area (Å²) in [6.07, 6.45) is 2.27. The molecule has 2 N–H and O–H groups in total. The minimum Gasteiger partial charge on any atom is -0.481 e. The molecule has 0 bridgehead atoms. The molecule has 1 fully saturated rings. The fourth-order valence-corrected chi connectivity index (χ4v) is 2.17. The van der Waals surface area contributed by atoms with Crippen LogP contribution in [0.5, 0.6) is 0 Å². The molecular formula is C12H24N2O2. The zero-order valence-corrected chi connectivity index (χ0v) is 10.4. The van der Waals surface area contributed by atoms with E-state index in [-0.39, 0.29) is 6.42 Å². The standard InChI is InChI=1S/C12H24N2O2/c1-10(2)14-7-5-11(9-14)8-13-6-3-4-12(15)16/h10-11,13H,3-9H2,1-2H3,(H,15,16). The smallest absolute Gasteiger partial charge is 0.303 e. The van der Waals surface area contributed by atoms with Crippen LogP contribution < -0.4 is 5.32 Å². The first-order valence-electron chi connectivity index (χ1n) is 6.26. The highest BCUT2D eigenvalue weighted by atomic mass is 16.4. The predicted octanol–water partition coefficient (Wildman–Crippen LogP) is 1.17. The van der Waals surface area contributed by atoms with Gasteiger partial charge >= 0.3 is 5.97 Å². The van der Waals surface area contributed by atoms with Crippen molar-refractivity contribution in [1.29, 1.82) is 0 Å². The van der Waals surface area contributed by atoms with Crippen molar-refractivity contribution in [1.82, 2.24) is 10.2 Å². The third kappa shape index (κ3) is 4.94. The van der Waals surface area contributed by atoms with E-state index < -0.39 is 5.97 Å². The van der Waals surface area contributed by atoms with Crippen molar-refractivity contribution in [3.63, 3.8) is 0 Å². The van der Waals surface area contributed by atoms with Gasteiger partial charge in [0, 0.05) is 19.0 Å². The summed E-state index contributed by atoms with van der Waals surface area (Å²) in [6, 6.07) is 0.650. The molecule has 0 aromatic carbocycles. The van der Waals surface area contributed by atoms with E-state index in [4.69, 9.17) is 5.11 Å². The van der Waals surface area contributed by atoms with E-state index >= 15 is 0 Å². The Morgan fingerprint density at radius 2 is 2.31 bits per heavy atom. The van der Waals surface area contributed by atoms with Gasteiger partial charge in [-0.3, -0.25) is 4.79 Å². The fourth-order valence-electron chi connectivity index (χ4n) is 2.17. The molecule has 4 nitrogen and oxygen atoms in total. The van der Waals surface area contributed by atoms with Gasteiger partial charge in [-0.15, -0.1) is 0 Å². The number of rotatable bonds is 7. The molecule has 1 aliphatic heterocycles. The Morgan fingerprint density at radius 1 is 1.56 bits per heavy atom. The zero-order valence-electron chi connectivity index (χ0n) is 10.4. The average Bonchev–Trinajstić information content (AvgIpc) is 2.65. The first kappa shape index (κ1) is 13.5. The summed E-state index contributed by atoms with van der Waals surface area (Å²) >= 11 is 0. The van der Waals surface area contributed by atoms with Crippen LogP contribution in [-0.2, 0) is 4.79 Å². The largest absolute Gasteiger partial charge is 0.481 e. The predicted molar refractivity (Wildman–Crippen MR) is 64.6 cm³/mol. The molecule has 4 heteroatoms. The molecule has 0 aromatic heterocycles. The van der Waals surface area contributed by atoms with E-state index in [2.05, 4.69) is 24.1 Å². The zero-order chi connectivity index (χ0) is 12.0. The lowest BCUT2D eigenvalue weighted by Crippen LogP contribution is -2.31.